The van der Waals surface area contributed by atoms with Crippen LogP contribution in [0.15, 0.2) is 71.4 Å². The maximum atomic E-state index is 13.6. The second-order valence-corrected chi connectivity index (χ2v) is 8.11. The Morgan fingerprint density at radius 2 is 1.84 bits per heavy atom. The molecule has 3 heterocycles. The Bertz CT molecular complexity index is 1140. The van der Waals surface area contributed by atoms with Gasteiger partial charge in [-0.2, -0.15) is 0 Å². The maximum absolute atomic E-state index is 13.6. The van der Waals surface area contributed by atoms with Crippen LogP contribution in [0.25, 0.3) is 17.2 Å². The molecule has 2 aliphatic rings. The van der Waals surface area contributed by atoms with E-state index in [1.165, 1.54) is 12.1 Å². The molecule has 5 nitrogen and oxygen atoms in total. The third-order valence-corrected chi connectivity index (χ3v) is 5.76. The van der Waals surface area contributed by atoms with Crippen LogP contribution in [-0.2, 0) is 6.54 Å². The summed E-state index contributed by atoms with van der Waals surface area (Å²) in [6.45, 7) is 2.57. The van der Waals surface area contributed by atoms with E-state index in [1.807, 2.05) is 47.7 Å². The highest BCUT2D eigenvalue weighted by atomic mass is 19.1. The van der Waals surface area contributed by atoms with Gasteiger partial charge in [0.15, 0.2) is 0 Å². The Labute approximate surface area is 185 Å². The van der Waals surface area contributed by atoms with Crippen molar-refractivity contribution in [3.05, 3.63) is 95.5 Å². The molecule has 1 fully saturated rings. The topological polar surface area (TPSA) is 53.3 Å². The monoisotopic (exact) mass is 434 g/mol. The first-order valence-electron chi connectivity index (χ1n) is 10.8. The molecule has 7 heteroatoms. The molecule has 1 saturated heterocycles. The molecule has 0 aliphatic carbocycles. The summed E-state index contributed by atoms with van der Waals surface area (Å²) in [5, 5.41) is 5.24. The quantitative estimate of drug-likeness (QED) is 0.594. The zero-order valence-electron chi connectivity index (χ0n) is 17.5. The van der Waals surface area contributed by atoms with Gasteiger partial charge < -0.3 is 9.73 Å². The van der Waals surface area contributed by atoms with Crippen LogP contribution < -0.4 is 10.7 Å². The molecule has 0 atom stereocenters. The molecule has 0 saturated carbocycles. The van der Waals surface area contributed by atoms with Crippen LogP contribution in [0.1, 0.15) is 35.6 Å². The van der Waals surface area contributed by atoms with E-state index in [4.69, 9.17) is 4.42 Å². The number of allylic oxidation sites excluding steroid dienone is 2. The Kier molecular flexibility index (Phi) is 5.73. The van der Waals surface area contributed by atoms with E-state index in [-0.39, 0.29) is 0 Å². The molecule has 0 spiro atoms. The predicted molar refractivity (Wildman–Crippen MR) is 119 cm³/mol. The third kappa shape index (κ3) is 4.57. The van der Waals surface area contributed by atoms with Gasteiger partial charge in [-0.1, -0.05) is 12.1 Å². The summed E-state index contributed by atoms with van der Waals surface area (Å²) in [7, 11) is 0. The van der Waals surface area contributed by atoms with E-state index in [0.717, 1.165) is 48.9 Å². The summed E-state index contributed by atoms with van der Waals surface area (Å²) < 4.78 is 33.3. The number of halogens is 2. The summed E-state index contributed by atoms with van der Waals surface area (Å²) in [6.07, 6.45) is 9.49. The molecule has 164 valence electrons. The minimum Gasteiger partial charge on any atom is -0.441 e. The molecular formula is C25H24F2N4O. The molecule has 0 radical (unpaired) electrons. The van der Waals surface area contributed by atoms with Crippen LogP contribution in [0.2, 0.25) is 0 Å². The molecule has 2 aliphatic heterocycles. The fourth-order valence-corrected chi connectivity index (χ4v) is 4.15. The molecule has 5 rings (SSSR count). The number of nitrogens with zero attached hydrogens (tertiary/aromatic N) is 2. The summed E-state index contributed by atoms with van der Waals surface area (Å²) in [5.41, 5.74) is 6.26. The summed E-state index contributed by atoms with van der Waals surface area (Å²) in [6, 6.07) is 11.5. The molecule has 3 aromatic rings. The number of hydrogen-bond donors (Lipinski definition) is 2. The van der Waals surface area contributed by atoms with Gasteiger partial charge in [-0.25, -0.2) is 13.8 Å². The second kappa shape index (κ2) is 8.96. The van der Waals surface area contributed by atoms with Crippen molar-refractivity contribution in [3.8, 4) is 11.5 Å². The first kappa shape index (κ1) is 20.5. The van der Waals surface area contributed by atoms with Gasteiger partial charge in [-0.3, -0.25) is 10.4 Å². The van der Waals surface area contributed by atoms with E-state index < -0.39 is 11.6 Å². The van der Waals surface area contributed by atoms with Gasteiger partial charge in [-0.05, 0) is 67.9 Å². The Hall–Kier alpha value is -3.45. The van der Waals surface area contributed by atoms with Crippen molar-refractivity contribution >= 4 is 5.70 Å². The van der Waals surface area contributed by atoms with E-state index in [0.29, 0.717) is 29.6 Å². The van der Waals surface area contributed by atoms with Crippen molar-refractivity contribution in [3.63, 3.8) is 0 Å². The second-order valence-electron chi connectivity index (χ2n) is 8.11. The number of aromatic nitrogens is 1. The first-order chi connectivity index (χ1) is 15.6. The summed E-state index contributed by atoms with van der Waals surface area (Å²) in [5.74, 6) is 0.779. The van der Waals surface area contributed by atoms with Crippen molar-refractivity contribution in [2.24, 2.45) is 0 Å². The molecule has 0 bridgehead atoms. The number of nitrogens with one attached hydrogen (secondary N) is 2. The lowest BCUT2D eigenvalue weighted by Crippen LogP contribution is -2.33. The average molecular weight is 434 g/mol. The Morgan fingerprint density at radius 3 is 2.66 bits per heavy atom. The van der Waals surface area contributed by atoms with Crippen LogP contribution in [0.4, 0.5) is 8.78 Å². The molecule has 0 amide bonds. The lowest BCUT2D eigenvalue weighted by molar-refractivity contribution is 0.313. The normalized spacial score (nSPS) is 16.7. The summed E-state index contributed by atoms with van der Waals surface area (Å²) in [4.78, 5) is 4.51. The SMILES string of the molecule is Fc1cc(F)cc(C2=CC=CN(Cc3cccc(-c4ncc(C5CCNCC5)o4)c3)N2)c1. The minimum atomic E-state index is -0.605. The van der Waals surface area contributed by atoms with Gasteiger partial charge in [0.05, 0.1) is 18.4 Å². The lowest BCUT2D eigenvalue weighted by atomic mass is 9.96. The van der Waals surface area contributed by atoms with E-state index >= 15 is 0 Å². The van der Waals surface area contributed by atoms with Gasteiger partial charge in [0.2, 0.25) is 5.89 Å². The molecule has 2 N–H and O–H groups in total. The number of hydrazine groups is 1. The Morgan fingerprint density at radius 1 is 1.03 bits per heavy atom. The number of hydrogen-bond acceptors (Lipinski definition) is 5. The van der Waals surface area contributed by atoms with Gasteiger partial charge in [0.1, 0.15) is 17.4 Å². The fourth-order valence-electron chi connectivity index (χ4n) is 4.15. The average Bonchev–Trinajstić information content (AvgIpc) is 3.30. The third-order valence-electron chi connectivity index (χ3n) is 5.76. The van der Waals surface area contributed by atoms with Crippen molar-refractivity contribution in [2.75, 3.05) is 13.1 Å². The largest absolute Gasteiger partial charge is 0.441 e. The van der Waals surface area contributed by atoms with E-state index in [1.54, 1.807) is 6.08 Å². The van der Waals surface area contributed by atoms with E-state index in [2.05, 4.69) is 15.7 Å². The molecule has 32 heavy (non-hydrogen) atoms. The lowest BCUT2D eigenvalue weighted by Gasteiger charge is -2.27. The standard InChI is InChI=1S/C25H24F2N4O/c26-21-12-20(13-22(27)14-21)23-5-2-10-31(30-23)16-17-3-1-4-19(11-17)25-29-15-24(32-25)18-6-8-28-9-7-18/h1-5,10-15,18,28,30H,6-9,16H2. The molecule has 2 aromatic carbocycles. The number of piperidine rings is 1. The molecule has 0 unspecified atom stereocenters. The maximum Gasteiger partial charge on any atom is 0.226 e. The highest BCUT2D eigenvalue weighted by Crippen LogP contribution is 2.29. The summed E-state index contributed by atoms with van der Waals surface area (Å²) >= 11 is 0. The van der Waals surface area contributed by atoms with Crippen LogP contribution in [0.3, 0.4) is 0 Å². The number of rotatable bonds is 5. The van der Waals surface area contributed by atoms with Crippen molar-refractivity contribution in [2.45, 2.75) is 25.3 Å². The first-order valence-corrected chi connectivity index (χ1v) is 10.8. The van der Waals surface area contributed by atoms with Gasteiger partial charge >= 0.3 is 0 Å². The predicted octanol–water partition coefficient (Wildman–Crippen LogP) is 4.96. The zero-order valence-corrected chi connectivity index (χ0v) is 17.5. The molecular weight excluding hydrogens is 410 g/mol. The van der Waals surface area contributed by atoms with Crippen molar-refractivity contribution < 1.29 is 13.2 Å². The van der Waals surface area contributed by atoms with Crippen LogP contribution >= 0.6 is 0 Å². The van der Waals surface area contributed by atoms with Crippen LogP contribution in [0, 0.1) is 11.6 Å². The zero-order chi connectivity index (χ0) is 21.9. The van der Waals surface area contributed by atoms with Gasteiger partial charge in [0, 0.05) is 29.3 Å². The van der Waals surface area contributed by atoms with Crippen molar-refractivity contribution in [1.29, 1.82) is 0 Å². The number of oxazole rings is 1. The van der Waals surface area contributed by atoms with E-state index in [9.17, 15) is 8.78 Å². The van der Waals surface area contributed by atoms with Crippen LogP contribution in [-0.4, -0.2) is 23.1 Å². The Balaban J connectivity index is 1.29. The van der Waals surface area contributed by atoms with Crippen LogP contribution in [0.5, 0.6) is 0 Å². The van der Waals surface area contributed by atoms with Crippen molar-refractivity contribution in [1.82, 2.24) is 20.7 Å². The fraction of sp³-hybridized carbons (Fsp3) is 0.240. The minimum absolute atomic E-state index is 0.418. The highest BCUT2D eigenvalue weighted by Gasteiger charge is 2.20. The van der Waals surface area contributed by atoms with Gasteiger partial charge in [-0.15, -0.1) is 0 Å². The highest BCUT2D eigenvalue weighted by molar-refractivity contribution is 5.66. The smallest absolute Gasteiger partial charge is 0.226 e. The number of benzene rings is 2. The van der Waals surface area contributed by atoms with Gasteiger partial charge in [0.25, 0.3) is 0 Å². The molecule has 1 aromatic heterocycles.